The highest BCUT2D eigenvalue weighted by atomic mass is 15.4. The van der Waals surface area contributed by atoms with E-state index < -0.39 is 0 Å². The van der Waals surface area contributed by atoms with Gasteiger partial charge in [0.05, 0.1) is 18.1 Å². The molecule has 3 aromatic carbocycles. The van der Waals surface area contributed by atoms with Crippen molar-refractivity contribution in [2.75, 3.05) is 0 Å². The summed E-state index contributed by atoms with van der Waals surface area (Å²) in [5, 5.41) is 7.98. The Bertz CT molecular complexity index is 1490. The van der Waals surface area contributed by atoms with Gasteiger partial charge in [0.25, 0.3) is 0 Å². The minimum atomic E-state index is 0.0946. The molecule has 3 heteroatoms. The van der Waals surface area contributed by atoms with Gasteiger partial charge < -0.3 is 0 Å². The molecule has 0 spiro atoms. The Hall–Kier alpha value is -3.20. The average molecular weight is 582 g/mol. The van der Waals surface area contributed by atoms with Crippen molar-refractivity contribution in [2.45, 2.75) is 134 Å². The predicted molar refractivity (Wildman–Crippen MR) is 188 cm³/mol. The Kier molecular flexibility index (Phi) is 11.4. The van der Waals surface area contributed by atoms with Gasteiger partial charge >= 0.3 is 0 Å². The van der Waals surface area contributed by atoms with Crippen LogP contribution in [0.15, 0.2) is 48.8 Å². The van der Waals surface area contributed by atoms with Crippen LogP contribution in [0.25, 0.3) is 5.69 Å². The topological polar surface area (TPSA) is 30.7 Å². The van der Waals surface area contributed by atoms with Crippen molar-refractivity contribution in [3.63, 3.8) is 0 Å². The third-order valence-corrected chi connectivity index (χ3v) is 8.25. The lowest BCUT2D eigenvalue weighted by molar-refractivity contribution is 0.577. The highest BCUT2D eigenvalue weighted by molar-refractivity contribution is 5.52. The summed E-state index contributed by atoms with van der Waals surface area (Å²) in [6.07, 6.45) is 3.60. The molecule has 0 aliphatic carbocycles. The Balaban J connectivity index is 0.000000229. The van der Waals surface area contributed by atoms with Crippen LogP contribution in [0.2, 0.25) is 0 Å². The maximum atomic E-state index is 4.10. The van der Waals surface area contributed by atoms with Gasteiger partial charge in [-0.25, -0.2) is 4.68 Å². The molecule has 0 amide bonds. The Morgan fingerprint density at radius 3 is 1.30 bits per heavy atom. The van der Waals surface area contributed by atoms with Gasteiger partial charge in [-0.15, -0.1) is 5.10 Å². The second kappa shape index (κ2) is 13.6. The molecular formula is C40H59N3. The van der Waals surface area contributed by atoms with Crippen LogP contribution in [0, 0.1) is 55.4 Å². The molecule has 4 rings (SSSR count). The first kappa shape index (κ1) is 36.0. The Morgan fingerprint density at radius 2 is 0.907 bits per heavy atom. The first-order chi connectivity index (χ1) is 19.6. The molecule has 234 valence electrons. The summed E-state index contributed by atoms with van der Waals surface area (Å²) in [6, 6.07) is 13.2. The molecule has 0 radical (unpaired) electrons. The van der Waals surface area contributed by atoms with Crippen molar-refractivity contribution in [1.82, 2.24) is 15.0 Å². The highest BCUT2D eigenvalue weighted by Crippen LogP contribution is 2.33. The van der Waals surface area contributed by atoms with E-state index in [0.29, 0.717) is 0 Å². The summed E-state index contributed by atoms with van der Waals surface area (Å²) in [6.45, 7) is 37.9. The molecular weight excluding hydrogens is 522 g/mol. The van der Waals surface area contributed by atoms with E-state index in [1.165, 1.54) is 61.2 Å². The highest BCUT2D eigenvalue weighted by Gasteiger charge is 2.23. The monoisotopic (exact) mass is 581 g/mol. The lowest BCUT2D eigenvalue weighted by atomic mass is 9.80. The van der Waals surface area contributed by atoms with E-state index in [9.17, 15) is 0 Å². The summed E-state index contributed by atoms with van der Waals surface area (Å²) in [4.78, 5) is 0. The summed E-state index contributed by atoms with van der Waals surface area (Å²) < 4.78 is 1.84. The molecule has 1 heterocycles. The average Bonchev–Trinajstić information content (AvgIpc) is 3.36. The predicted octanol–water partition coefficient (Wildman–Crippen LogP) is 11.0. The summed E-state index contributed by atoms with van der Waals surface area (Å²) in [7, 11) is 0. The van der Waals surface area contributed by atoms with Crippen LogP contribution < -0.4 is 0 Å². The fourth-order valence-electron chi connectivity index (χ4n) is 6.74. The van der Waals surface area contributed by atoms with Crippen molar-refractivity contribution >= 4 is 0 Å². The second-order valence-electron chi connectivity index (χ2n) is 15.5. The summed E-state index contributed by atoms with van der Waals surface area (Å²) in [5.41, 5.74) is 17.2. The SMILES string of the molecule is Cc1cc(C)c(C(C)(C)C)c(C)c1.Cc1ccc(-n2ccnn2)c(C(C)(C)C)c1C.Cc1ccc(C)c(C(C)(C)C)c1C. The number of rotatable bonds is 1. The molecule has 3 nitrogen and oxygen atoms in total. The first-order valence-electron chi connectivity index (χ1n) is 15.7. The molecule has 0 bridgehead atoms. The van der Waals surface area contributed by atoms with Crippen LogP contribution in [0.1, 0.15) is 124 Å². The van der Waals surface area contributed by atoms with Gasteiger partial charge in [0.2, 0.25) is 0 Å². The van der Waals surface area contributed by atoms with Gasteiger partial charge in [-0.1, -0.05) is 103 Å². The standard InChI is InChI=1S/C14H19N3.2C13H20/c1-10-6-7-12(17-9-8-15-16-17)13(11(10)2)14(3,4)5;1-9-7-10(2)12(11(3)8-9)13(4,5)6;1-9-7-8-10(2)12(11(9)3)13(4,5)6/h6-9H,1-5H3;2*7-8H,1-6H3. The van der Waals surface area contributed by atoms with Gasteiger partial charge in [-0.2, -0.15) is 0 Å². The minimum absolute atomic E-state index is 0.0946. The third kappa shape index (κ3) is 9.15. The Morgan fingerprint density at radius 1 is 0.488 bits per heavy atom. The van der Waals surface area contributed by atoms with Crippen LogP contribution in [0.4, 0.5) is 0 Å². The van der Waals surface area contributed by atoms with Crippen molar-refractivity contribution in [1.29, 1.82) is 0 Å². The van der Waals surface area contributed by atoms with Gasteiger partial charge in [0.1, 0.15) is 0 Å². The molecule has 0 N–H and O–H groups in total. The summed E-state index contributed by atoms with van der Waals surface area (Å²) >= 11 is 0. The van der Waals surface area contributed by atoms with Crippen molar-refractivity contribution in [3.05, 3.63) is 110 Å². The normalized spacial score (nSPS) is 11.8. The number of nitrogens with zero attached hydrogens (tertiary/aromatic N) is 3. The molecule has 0 aliphatic heterocycles. The number of hydrogen-bond donors (Lipinski definition) is 0. The molecule has 4 aromatic rings. The lowest BCUT2D eigenvalue weighted by Gasteiger charge is -2.26. The lowest BCUT2D eigenvalue weighted by Crippen LogP contribution is -2.18. The third-order valence-electron chi connectivity index (χ3n) is 8.25. The van der Waals surface area contributed by atoms with Crippen LogP contribution in [-0.4, -0.2) is 15.0 Å². The van der Waals surface area contributed by atoms with E-state index in [0.717, 1.165) is 5.69 Å². The van der Waals surface area contributed by atoms with E-state index >= 15 is 0 Å². The molecule has 0 saturated heterocycles. The molecule has 0 unspecified atom stereocenters. The van der Waals surface area contributed by atoms with Crippen LogP contribution in [0.5, 0.6) is 0 Å². The number of aryl methyl sites for hydroxylation is 6. The van der Waals surface area contributed by atoms with E-state index in [1.54, 1.807) is 6.20 Å². The molecule has 1 aromatic heterocycles. The van der Waals surface area contributed by atoms with E-state index in [4.69, 9.17) is 0 Å². The maximum absolute atomic E-state index is 4.10. The van der Waals surface area contributed by atoms with Crippen LogP contribution in [-0.2, 0) is 16.2 Å². The first-order valence-corrected chi connectivity index (χ1v) is 15.7. The number of benzene rings is 3. The van der Waals surface area contributed by atoms with Gasteiger partial charge in [0.15, 0.2) is 0 Å². The number of aromatic nitrogens is 3. The zero-order valence-corrected chi connectivity index (χ0v) is 30.5. The van der Waals surface area contributed by atoms with Gasteiger partial charge in [-0.3, -0.25) is 0 Å². The quantitative estimate of drug-likeness (QED) is 0.224. The molecule has 0 fully saturated rings. The molecule has 0 saturated carbocycles. The zero-order chi connectivity index (χ0) is 33.1. The second-order valence-corrected chi connectivity index (χ2v) is 15.5. The summed E-state index contributed by atoms with van der Waals surface area (Å²) in [5.74, 6) is 0. The van der Waals surface area contributed by atoms with E-state index in [1.807, 2.05) is 10.9 Å². The van der Waals surface area contributed by atoms with Crippen molar-refractivity contribution < 1.29 is 0 Å². The van der Waals surface area contributed by atoms with Crippen LogP contribution in [0.3, 0.4) is 0 Å². The largest absolute Gasteiger partial charge is 0.220 e. The van der Waals surface area contributed by atoms with Gasteiger partial charge in [-0.05, 0) is 133 Å². The number of hydrogen-bond acceptors (Lipinski definition) is 2. The fourth-order valence-corrected chi connectivity index (χ4v) is 6.74. The van der Waals surface area contributed by atoms with E-state index in [2.05, 4.69) is 164 Å². The fraction of sp³-hybridized carbons (Fsp3) is 0.500. The zero-order valence-electron chi connectivity index (χ0n) is 30.5. The molecule has 0 aliphatic rings. The van der Waals surface area contributed by atoms with Crippen molar-refractivity contribution in [2.24, 2.45) is 0 Å². The van der Waals surface area contributed by atoms with Crippen LogP contribution >= 0.6 is 0 Å². The minimum Gasteiger partial charge on any atom is -0.220 e. The van der Waals surface area contributed by atoms with Gasteiger partial charge in [0, 0.05) is 0 Å². The van der Waals surface area contributed by atoms with E-state index in [-0.39, 0.29) is 16.2 Å². The maximum Gasteiger partial charge on any atom is 0.0703 e. The smallest absolute Gasteiger partial charge is 0.0703 e. The molecule has 0 atom stereocenters. The van der Waals surface area contributed by atoms with Crippen molar-refractivity contribution in [3.8, 4) is 5.69 Å². The molecule has 43 heavy (non-hydrogen) atoms. The Labute approximate surface area is 264 Å².